The number of carbonyl (C=O) groups excluding carboxylic acids is 1. The van der Waals surface area contributed by atoms with Crippen LogP contribution in [0.2, 0.25) is 0 Å². The van der Waals surface area contributed by atoms with Crippen molar-refractivity contribution < 1.29 is 17.9 Å². The summed E-state index contributed by atoms with van der Waals surface area (Å²) >= 11 is 1.20. The number of aromatic nitrogens is 1. The molecule has 1 aromatic heterocycles. The standard InChI is InChI=1S/C17H17N3O4S2/c1-11-8-12(18-15(21)10-24-2)9-14-16(11)19-17(25-14)20-26(22,23)13-6-4-3-5-7-13/h3-9H,10H2,1-2H3,(H,18,21)(H,19,20). The van der Waals surface area contributed by atoms with E-state index in [1.807, 2.05) is 6.92 Å². The van der Waals surface area contributed by atoms with Crippen LogP contribution in [-0.2, 0) is 19.6 Å². The van der Waals surface area contributed by atoms with Gasteiger partial charge in [0.1, 0.15) is 6.61 Å². The lowest BCUT2D eigenvalue weighted by atomic mass is 10.2. The third-order valence-electron chi connectivity index (χ3n) is 3.52. The van der Waals surface area contributed by atoms with Gasteiger partial charge in [0.15, 0.2) is 5.13 Å². The molecule has 2 N–H and O–H groups in total. The average molecular weight is 391 g/mol. The Morgan fingerprint density at radius 1 is 1.23 bits per heavy atom. The number of nitrogens with zero attached hydrogens (tertiary/aromatic N) is 1. The van der Waals surface area contributed by atoms with Crippen molar-refractivity contribution in [3.63, 3.8) is 0 Å². The fourth-order valence-corrected chi connectivity index (χ4v) is 4.65. The van der Waals surface area contributed by atoms with Gasteiger partial charge >= 0.3 is 0 Å². The first-order chi connectivity index (χ1) is 12.4. The van der Waals surface area contributed by atoms with Crippen LogP contribution in [0.25, 0.3) is 10.2 Å². The van der Waals surface area contributed by atoms with Crippen LogP contribution in [-0.4, -0.2) is 33.0 Å². The van der Waals surface area contributed by atoms with Gasteiger partial charge in [0, 0.05) is 12.8 Å². The van der Waals surface area contributed by atoms with Crippen molar-refractivity contribution in [3.8, 4) is 0 Å². The first-order valence-corrected chi connectivity index (χ1v) is 9.97. The molecule has 0 spiro atoms. The van der Waals surface area contributed by atoms with E-state index in [-0.39, 0.29) is 22.5 Å². The maximum absolute atomic E-state index is 12.4. The lowest BCUT2D eigenvalue weighted by Gasteiger charge is -2.05. The van der Waals surface area contributed by atoms with E-state index in [0.717, 1.165) is 10.3 Å². The molecule has 0 saturated carbocycles. The number of benzene rings is 2. The van der Waals surface area contributed by atoms with Crippen molar-refractivity contribution in [2.45, 2.75) is 11.8 Å². The molecular formula is C17H17N3O4S2. The van der Waals surface area contributed by atoms with Crippen molar-refractivity contribution in [2.75, 3.05) is 23.8 Å². The number of amides is 1. The Hall–Kier alpha value is -2.49. The van der Waals surface area contributed by atoms with Crippen LogP contribution < -0.4 is 10.0 Å². The van der Waals surface area contributed by atoms with Gasteiger partial charge in [-0.25, -0.2) is 13.4 Å². The highest BCUT2D eigenvalue weighted by Crippen LogP contribution is 2.32. The Morgan fingerprint density at radius 2 is 1.96 bits per heavy atom. The molecule has 0 aliphatic rings. The molecule has 2 aromatic carbocycles. The van der Waals surface area contributed by atoms with Crippen LogP contribution in [0, 0.1) is 6.92 Å². The molecule has 9 heteroatoms. The molecule has 0 radical (unpaired) electrons. The lowest BCUT2D eigenvalue weighted by Crippen LogP contribution is -2.17. The summed E-state index contributed by atoms with van der Waals surface area (Å²) in [4.78, 5) is 16.2. The molecule has 1 amide bonds. The van der Waals surface area contributed by atoms with E-state index >= 15 is 0 Å². The second-order valence-corrected chi connectivity index (χ2v) is 8.27. The minimum absolute atomic E-state index is 0.0398. The molecule has 0 fully saturated rings. The molecule has 0 aliphatic carbocycles. The van der Waals surface area contributed by atoms with E-state index < -0.39 is 10.0 Å². The van der Waals surface area contributed by atoms with Gasteiger partial charge < -0.3 is 10.1 Å². The van der Waals surface area contributed by atoms with Crippen LogP contribution in [0.3, 0.4) is 0 Å². The predicted octanol–water partition coefficient (Wildman–Crippen LogP) is 2.99. The topological polar surface area (TPSA) is 97.4 Å². The van der Waals surface area contributed by atoms with Crippen molar-refractivity contribution in [1.82, 2.24) is 4.98 Å². The molecule has 0 saturated heterocycles. The van der Waals surface area contributed by atoms with Gasteiger partial charge in [-0.05, 0) is 36.8 Å². The first kappa shape index (κ1) is 18.3. The van der Waals surface area contributed by atoms with Gasteiger partial charge in [-0.1, -0.05) is 29.5 Å². The van der Waals surface area contributed by atoms with E-state index in [9.17, 15) is 13.2 Å². The van der Waals surface area contributed by atoms with Crippen LogP contribution in [0.5, 0.6) is 0 Å². The maximum Gasteiger partial charge on any atom is 0.263 e. The number of ether oxygens (including phenoxy) is 1. The van der Waals surface area contributed by atoms with Crippen LogP contribution >= 0.6 is 11.3 Å². The van der Waals surface area contributed by atoms with Crippen molar-refractivity contribution in [3.05, 3.63) is 48.0 Å². The highest BCUT2D eigenvalue weighted by molar-refractivity contribution is 7.93. The number of carbonyl (C=O) groups is 1. The normalized spacial score (nSPS) is 11.5. The molecule has 136 valence electrons. The zero-order valence-corrected chi connectivity index (χ0v) is 15.8. The second-order valence-electron chi connectivity index (χ2n) is 5.56. The smallest absolute Gasteiger partial charge is 0.263 e. The fourth-order valence-electron chi connectivity index (χ4n) is 2.41. The van der Waals surface area contributed by atoms with E-state index in [1.54, 1.807) is 30.3 Å². The summed E-state index contributed by atoms with van der Waals surface area (Å²) in [6, 6.07) is 11.6. The molecule has 0 unspecified atom stereocenters. The fraction of sp³-hybridized carbons (Fsp3) is 0.176. The predicted molar refractivity (Wildman–Crippen MR) is 102 cm³/mol. The summed E-state index contributed by atoms with van der Waals surface area (Å²) in [6.45, 7) is 1.81. The van der Waals surface area contributed by atoms with Gasteiger partial charge in [0.05, 0.1) is 15.1 Å². The zero-order valence-electron chi connectivity index (χ0n) is 14.1. The first-order valence-electron chi connectivity index (χ1n) is 7.67. The number of methoxy groups -OCH3 is 1. The Kier molecular flexibility index (Phi) is 5.21. The molecule has 3 rings (SSSR count). The van der Waals surface area contributed by atoms with Crippen LogP contribution in [0.15, 0.2) is 47.4 Å². The van der Waals surface area contributed by atoms with Crippen molar-refractivity contribution in [2.24, 2.45) is 0 Å². The Morgan fingerprint density at radius 3 is 2.65 bits per heavy atom. The largest absolute Gasteiger partial charge is 0.375 e. The van der Waals surface area contributed by atoms with Gasteiger partial charge in [-0.3, -0.25) is 9.52 Å². The minimum Gasteiger partial charge on any atom is -0.375 e. The monoisotopic (exact) mass is 391 g/mol. The van der Waals surface area contributed by atoms with Gasteiger partial charge in [0.2, 0.25) is 5.91 Å². The Bertz CT molecular complexity index is 1050. The number of hydrogen-bond donors (Lipinski definition) is 2. The zero-order chi connectivity index (χ0) is 18.7. The third kappa shape index (κ3) is 4.01. The van der Waals surface area contributed by atoms with Gasteiger partial charge in [-0.2, -0.15) is 0 Å². The molecule has 1 heterocycles. The molecule has 0 atom stereocenters. The van der Waals surface area contributed by atoms with Crippen LogP contribution in [0.1, 0.15) is 5.56 Å². The van der Waals surface area contributed by atoms with E-state index in [1.165, 1.54) is 30.6 Å². The molecule has 26 heavy (non-hydrogen) atoms. The summed E-state index contributed by atoms with van der Waals surface area (Å²) < 4.78 is 32.9. The number of anilines is 2. The second kappa shape index (κ2) is 7.40. The van der Waals surface area contributed by atoms with Crippen molar-refractivity contribution in [1.29, 1.82) is 0 Å². The number of rotatable bonds is 6. The van der Waals surface area contributed by atoms with E-state index in [0.29, 0.717) is 11.2 Å². The quantitative estimate of drug-likeness (QED) is 0.673. The van der Waals surface area contributed by atoms with E-state index in [2.05, 4.69) is 15.0 Å². The Balaban J connectivity index is 1.89. The number of hydrogen-bond acceptors (Lipinski definition) is 6. The summed E-state index contributed by atoms with van der Waals surface area (Å²) in [5.74, 6) is -0.263. The maximum atomic E-state index is 12.4. The minimum atomic E-state index is -3.70. The summed E-state index contributed by atoms with van der Waals surface area (Å²) in [5.41, 5.74) is 2.13. The molecule has 0 bridgehead atoms. The Labute approximate surface area is 155 Å². The number of sulfonamides is 1. The number of aryl methyl sites for hydroxylation is 1. The number of thiazole rings is 1. The molecule has 0 aliphatic heterocycles. The van der Waals surface area contributed by atoms with Gasteiger partial charge in [-0.15, -0.1) is 0 Å². The lowest BCUT2D eigenvalue weighted by molar-refractivity contribution is -0.119. The highest BCUT2D eigenvalue weighted by Gasteiger charge is 2.17. The highest BCUT2D eigenvalue weighted by atomic mass is 32.2. The number of nitrogens with one attached hydrogen (secondary N) is 2. The molecule has 3 aromatic rings. The van der Waals surface area contributed by atoms with Crippen molar-refractivity contribution >= 4 is 48.3 Å². The van der Waals surface area contributed by atoms with Crippen LogP contribution in [0.4, 0.5) is 10.8 Å². The summed E-state index contributed by atoms with van der Waals surface area (Å²) in [5, 5.41) is 3.01. The number of fused-ring (bicyclic) bond motifs is 1. The van der Waals surface area contributed by atoms with E-state index in [4.69, 9.17) is 4.74 Å². The third-order valence-corrected chi connectivity index (χ3v) is 5.92. The SMILES string of the molecule is COCC(=O)Nc1cc(C)c2nc(NS(=O)(=O)c3ccccc3)sc2c1. The summed E-state index contributed by atoms with van der Waals surface area (Å²) in [7, 11) is -2.25. The molecular weight excluding hydrogens is 374 g/mol. The molecule has 7 nitrogen and oxygen atoms in total. The average Bonchev–Trinajstić information content (AvgIpc) is 2.98. The summed E-state index contributed by atoms with van der Waals surface area (Å²) in [6.07, 6.45) is 0. The van der Waals surface area contributed by atoms with Gasteiger partial charge in [0.25, 0.3) is 10.0 Å².